The molecule has 5 aromatic carbocycles. The predicted octanol–water partition coefficient (Wildman–Crippen LogP) is 15.8. The fourth-order valence-electron chi connectivity index (χ4n) is 8.26. The molecule has 5 nitrogen and oxygen atoms in total. The van der Waals surface area contributed by atoms with Crippen molar-refractivity contribution in [3.05, 3.63) is 192 Å². The second kappa shape index (κ2) is 22.0. The average Bonchev–Trinajstić information content (AvgIpc) is 3.71. The molecule has 9 rings (SSSR count). The van der Waals surface area contributed by atoms with Crippen LogP contribution < -0.4 is 5.19 Å². The van der Waals surface area contributed by atoms with Crippen LogP contribution in [0.3, 0.4) is 0 Å². The van der Waals surface area contributed by atoms with Crippen molar-refractivity contribution in [3.63, 3.8) is 0 Å². The third-order valence-corrected chi connectivity index (χ3v) is 13.8. The SMILES string of the molecule is CC(C)c1cc(-c2ccccc2)ncc1[Si](C)(C)C.CCc1ccnc(-c2ccccc2)c1.Cc1cnc(-c2ccc(C#N)c3c2oc2ccc(-c4ccccc4)cc23)cc1CC(C)(C)C.[Ir]. The number of nitrogens with zero attached hydrogens (tertiary/aromatic N) is 4. The van der Waals surface area contributed by atoms with Gasteiger partial charge in [-0.2, -0.15) is 5.26 Å². The molecular weight excluding hydrogens is 1010 g/mol. The zero-order valence-electron chi connectivity index (χ0n) is 40.6. The molecule has 67 heavy (non-hydrogen) atoms. The summed E-state index contributed by atoms with van der Waals surface area (Å²) >= 11 is 0. The van der Waals surface area contributed by atoms with Crippen LogP contribution in [0.25, 0.3) is 66.8 Å². The molecule has 0 amide bonds. The van der Waals surface area contributed by atoms with E-state index in [1.807, 2.05) is 73.1 Å². The third-order valence-electron chi connectivity index (χ3n) is 11.8. The number of rotatable bonds is 8. The van der Waals surface area contributed by atoms with Crippen molar-refractivity contribution < 1.29 is 24.5 Å². The molecule has 1 radical (unpaired) electrons. The minimum Gasteiger partial charge on any atom is -0.455 e. The summed E-state index contributed by atoms with van der Waals surface area (Å²) in [6, 6.07) is 52.0. The maximum atomic E-state index is 9.86. The Bertz CT molecular complexity index is 3110. The number of furan rings is 1. The van der Waals surface area contributed by atoms with Gasteiger partial charge in [0.1, 0.15) is 11.2 Å². The summed E-state index contributed by atoms with van der Waals surface area (Å²) < 4.78 is 6.35. The molecule has 0 saturated carbocycles. The van der Waals surface area contributed by atoms with Crippen LogP contribution in [-0.2, 0) is 32.9 Å². The molecule has 0 spiro atoms. The molecule has 0 atom stereocenters. The Kier molecular flexibility index (Phi) is 16.5. The van der Waals surface area contributed by atoms with Crippen molar-refractivity contribution in [1.82, 2.24) is 15.0 Å². The number of fused-ring (bicyclic) bond motifs is 3. The van der Waals surface area contributed by atoms with Crippen molar-refractivity contribution in [2.75, 3.05) is 0 Å². The van der Waals surface area contributed by atoms with Gasteiger partial charge in [-0.1, -0.05) is 158 Å². The first-order chi connectivity index (χ1) is 31.6. The minimum atomic E-state index is -1.33. The number of aromatic nitrogens is 3. The van der Waals surface area contributed by atoms with Crippen LogP contribution in [0.5, 0.6) is 0 Å². The zero-order chi connectivity index (χ0) is 47.0. The molecule has 7 heteroatoms. The average molecular weight is 1080 g/mol. The Labute approximate surface area is 412 Å². The first-order valence-corrected chi connectivity index (χ1v) is 26.6. The molecule has 0 aliphatic carbocycles. The van der Waals surface area contributed by atoms with E-state index < -0.39 is 8.07 Å². The van der Waals surface area contributed by atoms with Gasteiger partial charge in [-0.25, -0.2) is 0 Å². The summed E-state index contributed by atoms with van der Waals surface area (Å²) in [6.45, 7) is 22.7. The van der Waals surface area contributed by atoms with Crippen LogP contribution in [0.2, 0.25) is 19.6 Å². The zero-order valence-corrected chi connectivity index (χ0v) is 44.0. The van der Waals surface area contributed by atoms with Gasteiger partial charge >= 0.3 is 0 Å². The van der Waals surface area contributed by atoms with E-state index in [9.17, 15) is 5.26 Å². The molecule has 4 heterocycles. The first-order valence-electron chi connectivity index (χ1n) is 23.1. The van der Waals surface area contributed by atoms with Crippen molar-refractivity contribution in [3.8, 4) is 51.0 Å². The van der Waals surface area contributed by atoms with E-state index in [2.05, 4.69) is 170 Å². The molecule has 4 aromatic heterocycles. The summed E-state index contributed by atoms with van der Waals surface area (Å²) in [6.07, 6.45) is 7.96. The van der Waals surface area contributed by atoms with Gasteiger partial charge in [-0.15, -0.1) is 0 Å². The van der Waals surface area contributed by atoms with Gasteiger partial charge in [0.2, 0.25) is 0 Å². The van der Waals surface area contributed by atoms with Crippen LogP contribution in [0.1, 0.15) is 75.3 Å². The summed E-state index contributed by atoms with van der Waals surface area (Å²) in [5.74, 6) is 0.548. The number of nitriles is 1. The van der Waals surface area contributed by atoms with E-state index in [-0.39, 0.29) is 25.5 Å². The quantitative estimate of drug-likeness (QED) is 0.142. The van der Waals surface area contributed by atoms with Gasteiger partial charge in [-0.05, 0) is 118 Å². The van der Waals surface area contributed by atoms with E-state index in [1.165, 1.54) is 38.6 Å². The Morgan fingerprint density at radius 1 is 0.657 bits per heavy atom. The molecule has 0 aliphatic heterocycles. The topological polar surface area (TPSA) is 75.6 Å². The first kappa shape index (κ1) is 50.1. The normalized spacial score (nSPS) is 11.3. The minimum absolute atomic E-state index is 0. The summed E-state index contributed by atoms with van der Waals surface area (Å²) in [7, 11) is -1.33. The van der Waals surface area contributed by atoms with Gasteiger partial charge in [0.05, 0.1) is 36.8 Å². The van der Waals surface area contributed by atoms with Crippen LogP contribution >= 0.6 is 0 Å². The summed E-state index contributed by atoms with van der Waals surface area (Å²) in [5.41, 5.74) is 16.1. The molecular formula is C60H62IrN4OSi. The molecule has 0 unspecified atom stereocenters. The van der Waals surface area contributed by atoms with Crippen molar-refractivity contribution in [1.29, 1.82) is 5.26 Å². The van der Waals surface area contributed by atoms with Crippen molar-refractivity contribution >= 4 is 35.2 Å². The van der Waals surface area contributed by atoms with E-state index >= 15 is 0 Å². The fourth-order valence-corrected chi connectivity index (χ4v) is 9.94. The Morgan fingerprint density at radius 2 is 1.25 bits per heavy atom. The van der Waals surface area contributed by atoms with E-state index in [1.54, 1.807) is 0 Å². The molecule has 341 valence electrons. The van der Waals surface area contributed by atoms with E-state index in [0.29, 0.717) is 17.1 Å². The molecule has 0 N–H and O–H groups in total. The van der Waals surface area contributed by atoms with Crippen molar-refractivity contribution in [2.24, 2.45) is 5.41 Å². The van der Waals surface area contributed by atoms with E-state index in [0.717, 1.165) is 63.0 Å². The maximum absolute atomic E-state index is 9.86. The maximum Gasteiger partial charge on any atom is 0.146 e. The van der Waals surface area contributed by atoms with Gasteiger partial charge in [0, 0.05) is 66.2 Å². The summed E-state index contributed by atoms with van der Waals surface area (Å²) in [4.78, 5) is 13.8. The molecule has 9 aromatic rings. The molecule has 0 aliphatic rings. The van der Waals surface area contributed by atoms with Gasteiger partial charge in [0.25, 0.3) is 0 Å². The monoisotopic (exact) mass is 1080 g/mol. The third kappa shape index (κ3) is 12.4. The molecule has 0 bridgehead atoms. The van der Waals surface area contributed by atoms with Crippen molar-refractivity contribution in [2.45, 2.75) is 86.9 Å². The standard InChI is InChI=1S/C30H26N2O.C17H23NSi.C13H13N.Ir/c1-19-18-32-26(15-23(19)16-30(2,3)4)24-12-10-22(17-31)28-25-14-21(20-8-6-5-7-9-20)11-13-27(25)33-29(24)28;1-13(2)15-11-16(14-9-7-6-8-10-14)18-12-17(15)19(3,4)5;1-2-11-8-9-14-13(10-11)12-6-4-3-5-7-12;/h5-15,18H,16H2,1-4H3;6-13H,1-5H3;3-10H,2H2,1H3;. The Morgan fingerprint density at radius 3 is 1.82 bits per heavy atom. The number of hydrogen-bond acceptors (Lipinski definition) is 5. The number of hydrogen-bond donors (Lipinski definition) is 0. The number of benzene rings is 5. The smallest absolute Gasteiger partial charge is 0.146 e. The second-order valence-corrected chi connectivity index (χ2v) is 24.6. The molecule has 0 fully saturated rings. The largest absolute Gasteiger partial charge is 0.455 e. The Balaban J connectivity index is 0.000000184. The second-order valence-electron chi connectivity index (χ2n) is 19.6. The van der Waals surface area contributed by atoms with E-state index in [4.69, 9.17) is 14.4 Å². The number of aryl methyl sites for hydroxylation is 2. The Hall–Kier alpha value is -6.29. The van der Waals surface area contributed by atoms with Gasteiger partial charge in [0.15, 0.2) is 0 Å². The summed E-state index contributed by atoms with van der Waals surface area (Å²) in [5, 5.41) is 13.2. The van der Waals surface area contributed by atoms with Crippen LogP contribution in [-0.4, -0.2) is 23.0 Å². The molecule has 0 saturated heterocycles. The van der Waals surface area contributed by atoms with Crippen LogP contribution in [0.4, 0.5) is 0 Å². The fraction of sp³-hybridized carbons (Fsp3) is 0.233. The predicted molar refractivity (Wildman–Crippen MR) is 281 cm³/mol. The van der Waals surface area contributed by atoms with Gasteiger partial charge < -0.3 is 4.42 Å². The number of pyridine rings is 3. The van der Waals surface area contributed by atoms with Crippen LogP contribution in [0, 0.1) is 23.7 Å². The van der Waals surface area contributed by atoms with Gasteiger partial charge in [-0.3, -0.25) is 15.0 Å². The van der Waals surface area contributed by atoms with Crippen LogP contribution in [0.15, 0.2) is 169 Å².